The van der Waals surface area contributed by atoms with Gasteiger partial charge in [0.05, 0.1) is 11.3 Å². The van der Waals surface area contributed by atoms with Crippen LogP contribution in [0.2, 0.25) is 0 Å². The number of carbonyl (C=O) groups is 1. The second kappa shape index (κ2) is 5.37. The minimum Gasteiger partial charge on any atom is -0.355 e. The summed E-state index contributed by atoms with van der Waals surface area (Å²) in [5.41, 5.74) is 4.35. The van der Waals surface area contributed by atoms with Crippen molar-refractivity contribution in [3.8, 4) is 22.5 Å². The van der Waals surface area contributed by atoms with E-state index in [4.69, 9.17) is 4.52 Å². The van der Waals surface area contributed by atoms with Crippen LogP contribution in [0.3, 0.4) is 0 Å². The molecule has 0 radical (unpaired) electrons. The van der Waals surface area contributed by atoms with Crippen molar-refractivity contribution >= 4 is 5.78 Å². The highest BCUT2D eigenvalue weighted by Crippen LogP contribution is 2.35. The van der Waals surface area contributed by atoms with Crippen LogP contribution in [0.4, 0.5) is 0 Å². The Morgan fingerprint density at radius 1 is 1.00 bits per heavy atom. The summed E-state index contributed by atoms with van der Waals surface area (Å²) >= 11 is 0. The first kappa shape index (κ1) is 13.3. The molecule has 3 nitrogen and oxygen atoms in total. The third kappa shape index (κ3) is 2.50. The fourth-order valence-electron chi connectivity index (χ4n) is 2.39. The predicted molar refractivity (Wildman–Crippen MR) is 82.1 cm³/mol. The number of carbonyl (C=O) groups excluding carboxylic acids is 1. The van der Waals surface area contributed by atoms with Gasteiger partial charge in [-0.05, 0) is 25.5 Å². The van der Waals surface area contributed by atoms with E-state index in [1.807, 2.05) is 61.5 Å². The minimum atomic E-state index is 0.0484. The van der Waals surface area contributed by atoms with Crippen LogP contribution in [0, 0.1) is 6.92 Å². The molecule has 0 amide bonds. The van der Waals surface area contributed by atoms with E-state index in [1.165, 1.54) is 0 Å². The Morgan fingerprint density at radius 3 is 2.43 bits per heavy atom. The molecule has 0 atom stereocenters. The van der Waals surface area contributed by atoms with Gasteiger partial charge >= 0.3 is 0 Å². The number of aromatic nitrogens is 1. The van der Waals surface area contributed by atoms with E-state index in [2.05, 4.69) is 5.16 Å². The predicted octanol–water partition coefficient (Wildman–Crippen LogP) is 4.52. The van der Waals surface area contributed by atoms with Crippen molar-refractivity contribution in [2.24, 2.45) is 0 Å². The van der Waals surface area contributed by atoms with Crippen molar-refractivity contribution in [1.29, 1.82) is 0 Å². The number of nitrogens with zero attached hydrogens (tertiary/aromatic N) is 1. The number of ketones is 1. The van der Waals surface area contributed by atoms with Crippen LogP contribution in [0.15, 0.2) is 59.1 Å². The van der Waals surface area contributed by atoms with E-state index in [1.54, 1.807) is 6.92 Å². The summed E-state index contributed by atoms with van der Waals surface area (Å²) in [6.45, 7) is 3.48. The van der Waals surface area contributed by atoms with Gasteiger partial charge in [0.2, 0.25) is 0 Å². The fraction of sp³-hybridized carbons (Fsp3) is 0.111. The number of hydrogen-bond donors (Lipinski definition) is 0. The van der Waals surface area contributed by atoms with E-state index < -0.39 is 0 Å². The lowest BCUT2D eigenvalue weighted by molar-refractivity contribution is 0.101. The third-order valence-corrected chi connectivity index (χ3v) is 3.46. The van der Waals surface area contributed by atoms with Gasteiger partial charge in [-0.1, -0.05) is 53.7 Å². The van der Waals surface area contributed by atoms with E-state index in [0.717, 1.165) is 28.1 Å². The molecule has 3 heteroatoms. The molecule has 0 spiro atoms. The van der Waals surface area contributed by atoms with Gasteiger partial charge in [-0.15, -0.1) is 0 Å². The van der Waals surface area contributed by atoms with E-state index in [9.17, 15) is 4.79 Å². The lowest BCUT2D eigenvalue weighted by Crippen LogP contribution is -1.92. The third-order valence-electron chi connectivity index (χ3n) is 3.46. The first-order valence-corrected chi connectivity index (χ1v) is 6.80. The van der Waals surface area contributed by atoms with Gasteiger partial charge in [-0.25, -0.2) is 0 Å². The Bertz CT molecular complexity index is 788. The van der Waals surface area contributed by atoms with E-state index in [-0.39, 0.29) is 5.78 Å². The number of hydrogen-bond acceptors (Lipinski definition) is 3. The van der Waals surface area contributed by atoms with Crippen molar-refractivity contribution in [2.75, 3.05) is 0 Å². The molecule has 1 aromatic heterocycles. The molecule has 2 aromatic carbocycles. The SMILES string of the molecule is CC(=O)c1cccc(-c2c(C)noc2-c2ccccc2)c1. The number of aryl methyl sites for hydroxylation is 1. The quantitative estimate of drug-likeness (QED) is 0.661. The molecule has 3 aromatic rings. The molecule has 0 aliphatic rings. The van der Waals surface area contributed by atoms with Crippen molar-refractivity contribution in [3.05, 3.63) is 65.9 Å². The minimum absolute atomic E-state index is 0.0484. The van der Waals surface area contributed by atoms with Gasteiger partial charge in [0.1, 0.15) is 0 Å². The van der Waals surface area contributed by atoms with Crippen LogP contribution in [0.5, 0.6) is 0 Å². The first-order valence-electron chi connectivity index (χ1n) is 6.80. The highest BCUT2D eigenvalue weighted by atomic mass is 16.5. The van der Waals surface area contributed by atoms with Crippen LogP contribution < -0.4 is 0 Å². The lowest BCUT2D eigenvalue weighted by atomic mass is 9.97. The van der Waals surface area contributed by atoms with Gasteiger partial charge in [0.15, 0.2) is 11.5 Å². The Kier molecular flexibility index (Phi) is 3.40. The average Bonchev–Trinajstić information content (AvgIpc) is 2.90. The molecule has 0 aliphatic heterocycles. The Labute approximate surface area is 123 Å². The zero-order valence-electron chi connectivity index (χ0n) is 12.0. The van der Waals surface area contributed by atoms with Crippen LogP contribution in [-0.4, -0.2) is 10.9 Å². The summed E-state index contributed by atoms with van der Waals surface area (Å²) in [5, 5.41) is 4.08. The molecule has 1 heterocycles. The molecule has 0 fully saturated rings. The summed E-state index contributed by atoms with van der Waals surface area (Å²) in [6.07, 6.45) is 0. The monoisotopic (exact) mass is 277 g/mol. The molecule has 3 rings (SSSR count). The molecule has 0 bridgehead atoms. The van der Waals surface area contributed by atoms with Gasteiger partial charge in [-0.3, -0.25) is 4.79 Å². The molecule has 0 unspecified atom stereocenters. The summed E-state index contributed by atoms with van der Waals surface area (Å²) in [5.74, 6) is 0.779. The van der Waals surface area contributed by atoms with E-state index in [0.29, 0.717) is 5.56 Å². The van der Waals surface area contributed by atoms with Crippen LogP contribution in [0.1, 0.15) is 23.0 Å². The van der Waals surface area contributed by atoms with Crippen LogP contribution >= 0.6 is 0 Å². The van der Waals surface area contributed by atoms with Crippen LogP contribution in [-0.2, 0) is 0 Å². The average molecular weight is 277 g/mol. The smallest absolute Gasteiger partial charge is 0.174 e. The zero-order valence-corrected chi connectivity index (χ0v) is 12.0. The molecular formula is C18H15NO2. The van der Waals surface area contributed by atoms with Gasteiger partial charge in [0, 0.05) is 11.1 Å². The zero-order chi connectivity index (χ0) is 14.8. The second-order valence-electron chi connectivity index (χ2n) is 4.98. The van der Waals surface area contributed by atoms with Crippen molar-refractivity contribution in [2.45, 2.75) is 13.8 Å². The van der Waals surface area contributed by atoms with Crippen molar-refractivity contribution in [1.82, 2.24) is 5.16 Å². The van der Waals surface area contributed by atoms with Crippen molar-refractivity contribution < 1.29 is 9.32 Å². The van der Waals surface area contributed by atoms with Gasteiger partial charge < -0.3 is 4.52 Å². The molecule has 21 heavy (non-hydrogen) atoms. The number of Topliss-reactive ketones (excluding diaryl/α,β-unsaturated/α-hetero) is 1. The molecular weight excluding hydrogens is 262 g/mol. The standard InChI is InChI=1S/C18H15NO2/c1-12-17(16-10-6-9-15(11-16)13(2)20)18(21-19-12)14-7-4-3-5-8-14/h3-11H,1-2H3. The molecule has 0 N–H and O–H groups in total. The van der Waals surface area contributed by atoms with Crippen LogP contribution in [0.25, 0.3) is 22.5 Å². The van der Waals surface area contributed by atoms with E-state index >= 15 is 0 Å². The summed E-state index contributed by atoms with van der Waals surface area (Å²) < 4.78 is 5.50. The first-order chi connectivity index (χ1) is 10.2. The maximum Gasteiger partial charge on any atom is 0.174 e. The Hall–Kier alpha value is -2.68. The van der Waals surface area contributed by atoms with Crippen molar-refractivity contribution in [3.63, 3.8) is 0 Å². The maximum atomic E-state index is 11.6. The molecule has 104 valence electrons. The maximum absolute atomic E-state index is 11.6. The second-order valence-corrected chi connectivity index (χ2v) is 4.98. The number of rotatable bonds is 3. The largest absolute Gasteiger partial charge is 0.355 e. The molecule has 0 saturated carbocycles. The summed E-state index contributed by atoms with van der Waals surface area (Å²) in [7, 11) is 0. The van der Waals surface area contributed by atoms with Gasteiger partial charge in [0.25, 0.3) is 0 Å². The normalized spacial score (nSPS) is 10.6. The highest BCUT2D eigenvalue weighted by Gasteiger charge is 2.17. The fourth-order valence-corrected chi connectivity index (χ4v) is 2.39. The molecule has 0 saturated heterocycles. The Morgan fingerprint density at radius 2 is 1.71 bits per heavy atom. The Balaban J connectivity index is 2.17. The summed E-state index contributed by atoms with van der Waals surface area (Å²) in [4.78, 5) is 11.6. The molecule has 0 aliphatic carbocycles. The highest BCUT2D eigenvalue weighted by molar-refractivity contribution is 5.96. The topological polar surface area (TPSA) is 43.1 Å². The number of benzene rings is 2. The lowest BCUT2D eigenvalue weighted by Gasteiger charge is -2.05. The van der Waals surface area contributed by atoms with Gasteiger partial charge in [-0.2, -0.15) is 0 Å². The summed E-state index contributed by atoms with van der Waals surface area (Å²) in [6, 6.07) is 17.4.